The number of carbonyl (C=O) groups excluding carboxylic acids is 2. The zero-order valence-electron chi connectivity index (χ0n) is 12.6. The van der Waals surface area contributed by atoms with Gasteiger partial charge in [-0.3, -0.25) is 9.59 Å². The van der Waals surface area contributed by atoms with Crippen molar-refractivity contribution in [2.24, 2.45) is 11.3 Å². The molecule has 0 fully saturated rings. The van der Waals surface area contributed by atoms with Gasteiger partial charge in [-0.25, -0.2) is 0 Å². The highest BCUT2D eigenvalue weighted by molar-refractivity contribution is 9.10. The van der Waals surface area contributed by atoms with Crippen molar-refractivity contribution in [2.45, 2.75) is 20.3 Å². The van der Waals surface area contributed by atoms with Crippen LogP contribution < -0.4 is 0 Å². The number of carbonyl (C=O) groups is 2. The molecule has 0 saturated carbocycles. The maximum atomic E-state index is 12.7. The van der Waals surface area contributed by atoms with Gasteiger partial charge in [0.2, 0.25) is 5.78 Å². The number of Topliss-reactive ketones (excluding diaryl/α,β-unsaturated/α-hetero) is 2. The van der Waals surface area contributed by atoms with E-state index in [1.165, 1.54) is 7.11 Å². The molecule has 0 aromatic heterocycles. The molecule has 4 nitrogen and oxygen atoms in total. The normalized spacial score (nSPS) is 20.0. The Balaban J connectivity index is 2.37. The summed E-state index contributed by atoms with van der Waals surface area (Å²) < 4.78 is 5.67. The fraction of sp³-hybridized carbons (Fsp3) is 0.353. The van der Waals surface area contributed by atoms with Crippen LogP contribution in [0, 0.1) is 22.7 Å². The van der Waals surface area contributed by atoms with Gasteiger partial charge in [-0.1, -0.05) is 13.8 Å². The number of nitrogens with zero attached hydrogens (tertiary/aromatic N) is 1. The molecule has 0 amide bonds. The van der Waals surface area contributed by atoms with Crippen LogP contribution in [0.2, 0.25) is 0 Å². The van der Waals surface area contributed by atoms with Crippen LogP contribution in [-0.4, -0.2) is 18.7 Å². The standard InChI is InChI=1S/C17H16BrNO3/c1-17(2)7-12(16(21)14(8-17)22-3)15(20)10-4-5-11(9-19)13(18)6-10/h4-6,8,12H,7H2,1-3H3. The van der Waals surface area contributed by atoms with Gasteiger partial charge in [-0.15, -0.1) is 0 Å². The number of rotatable bonds is 3. The monoisotopic (exact) mass is 361 g/mol. The van der Waals surface area contributed by atoms with Crippen LogP contribution >= 0.6 is 15.9 Å². The van der Waals surface area contributed by atoms with Gasteiger partial charge in [0.15, 0.2) is 11.5 Å². The van der Waals surface area contributed by atoms with Gasteiger partial charge >= 0.3 is 0 Å². The first-order valence-electron chi connectivity index (χ1n) is 6.84. The first-order chi connectivity index (χ1) is 10.3. The van der Waals surface area contributed by atoms with Crippen molar-refractivity contribution in [1.29, 1.82) is 5.26 Å². The Bertz CT molecular complexity index is 713. The zero-order chi connectivity index (χ0) is 16.5. The number of methoxy groups -OCH3 is 1. The summed E-state index contributed by atoms with van der Waals surface area (Å²) in [5.41, 5.74) is 0.574. The lowest BCUT2D eigenvalue weighted by atomic mass is 9.73. The molecule has 2 rings (SSSR count). The average Bonchev–Trinajstić information content (AvgIpc) is 2.48. The molecule has 114 valence electrons. The van der Waals surface area contributed by atoms with Crippen LogP contribution in [0.3, 0.4) is 0 Å². The highest BCUT2D eigenvalue weighted by atomic mass is 79.9. The van der Waals surface area contributed by atoms with E-state index < -0.39 is 5.92 Å². The molecule has 1 aromatic carbocycles. The Labute approximate surface area is 137 Å². The Morgan fingerprint density at radius 2 is 2.14 bits per heavy atom. The van der Waals surface area contributed by atoms with E-state index in [2.05, 4.69) is 15.9 Å². The predicted molar refractivity (Wildman–Crippen MR) is 85.2 cm³/mol. The molecule has 0 aliphatic heterocycles. The summed E-state index contributed by atoms with van der Waals surface area (Å²) in [5.74, 6) is -1.05. The van der Waals surface area contributed by atoms with E-state index in [1.807, 2.05) is 19.9 Å². The summed E-state index contributed by atoms with van der Waals surface area (Å²) in [6.07, 6.45) is 2.21. The first kappa shape index (κ1) is 16.4. The molecule has 1 atom stereocenters. The van der Waals surface area contributed by atoms with Gasteiger partial charge < -0.3 is 4.74 Å². The topological polar surface area (TPSA) is 67.2 Å². The second-order valence-corrected chi connectivity index (χ2v) is 6.85. The van der Waals surface area contributed by atoms with Crippen molar-refractivity contribution in [3.8, 4) is 6.07 Å². The van der Waals surface area contributed by atoms with Crippen molar-refractivity contribution >= 4 is 27.5 Å². The van der Waals surface area contributed by atoms with E-state index in [-0.39, 0.29) is 22.7 Å². The molecular formula is C17H16BrNO3. The van der Waals surface area contributed by atoms with Crippen LogP contribution in [0.5, 0.6) is 0 Å². The first-order valence-corrected chi connectivity index (χ1v) is 7.63. The molecule has 1 aromatic rings. The Kier molecular flexibility index (Phi) is 4.52. The Morgan fingerprint density at radius 3 is 2.68 bits per heavy atom. The van der Waals surface area contributed by atoms with Crippen LogP contribution in [0.25, 0.3) is 0 Å². The molecule has 0 bridgehead atoms. The molecule has 22 heavy (non-hydrogen) atoms. The van der Waals surface area contributed by atoms with Crippen molar-refractivity contribution in [1.82, 2.24) is 0 Å². The molecule has 0 N–H and O–H groups in total. The third-order valence-corrected chi connectivity index (χ3v) is 4.38. The van der Waals surface area contributed by atoms with Gasteiger partial charge in [0.05, 0.1) is 18.6 Å². The van der Waals surface area contributed by atoms with Gasteiger partial charge in [0, 0.05) is 10.0 Å². The number of ether oxygens (including phenoxy) is 1. The predicted octanol–water partition coefficient (Wildman–Crippen LogP) is 3.65. The number of halogens is 1. The minimum absolute atomic E-state index is 0.238. The minimum Gasteiger partial charge on any atom is -0.493 e. The fourth-order valence-electron chi connectivity index (χ4n) is 2.61. The van der Waals surface area contributed by atoms with Crippen molar-refractivity contribution in [3.05, 3.63) is 45.6 Å². The van der Waals surface area contributed by atoms with E-state index in [0.29, 0.717) is 22.0 Å². The molecule has 1 unspecified atom stereocenters. The Hall–Kier alpha value is -1.93. The van der Waals surface area contributed by atoms with E-state index >= 15 is 0 Å². The maximum absolute atomic E-state index is 12.7. The number of nitriles is 1. The summed E-state index contributed by atoms with van der Waals surface area (Å²) in [6, 6.07) is 6.77. The van der Waals surface area contributed by atoms with E-state index in [1.54, 1.807) is 24.3 Å². The van der Waals surface area contributed by atoms with E-state index in [9.17, 15) is 9.59 Å². The third kappa shape index (κ3) is 3.12. The molecule has 1 aliphatic carbocycles. The van der Waals surface area contributed by atoms with Gasteiger partial charge in [-0.05, 0) is 52.0 Å². The highest BCUT2D eigenvalue weighted by Crippen LogP contribution is 2.37. The number of hydrogen-bond acceptors (Lipinski definition) is 4. The molecule has 0 radical (unpaired) electrons. The second kappa shape index (κ2) is 6.05. The lowest BCUT2D eigenvalue weighted by Crippen LogP contribution is -2.35. The van der Waals surface area contributed by atoms with E-state index in [4.69, 9.17) is 10.00 Å². The minimum atomic E-state index is -0.755. The highest BCUT2D eigenvalue weighted by Gasteiger charge is 2.39. The zero-order valence-corrected chi connectivity index (χ0v) is 14.2. The average molecular weight is 362 g/mol. The van der Waals surface area contributed by atoms with Crippen LogP contribution in [0.4, 0.5) is 0 Å². The number of allylic oxidation sites excluding steroid dienone is 2. The number of ketones is 2. The molecule has 1 aliphatic rings. The van der Waals surface area contributed by atoms with Gasteiger partial charge in [0.1, 0.15) is 6.07 Å². The summed E-state index contributed by atoms with van der Waals surface area (Å²) in [7, 11) is 1.44. The lowest BCUT2D eigenvalue weighted by molar-refractivity contribution is -0.122. The van der Waals surface area contributed by atoms with Gasteiger partial charge in [0.25, 0.3) is 0 Å². The molecule has 0 saturated heterocycles. The maximum Gasteiger partial charge on any atom is 0.207 e. The van der Waals surface area contributed by atoms with Crippen LogP contribution in [-0.2, 0) is 9.53 Å². The molecular weight excluding hydrogens is 346 g/mol. The number of hydrogen-bond donors (Lipinski definition) is 0. The van der Waals surface area contributed by atoms with E-state index in [0.717, 1.165) is 0 Å². The van der Waals surface area contributed by atoms with Crippen LogP contribution in [0.15, 0.2) is 34.5 Å². The summed E-state index contributed by atoms with van der Waals surface area (Å²) in [6.45, 7) is 3.93. The molecule has 0 spiro atoms. The Morgan fingerprint density at radius 1 is 1.45 bits per heavy atom. The second-order valence-electron chi connectivity index (χ2n) is 5.99. The molecule has 5 heteroatoms. The summed E-state index contributed by atoms with van der Waals surface area (Å²) in [4.78, 5) is 25.1. The quantitative estimate of drug-likeness (QED) is 0.608. The summed E-state index contributed by atoms with van der Waals surface area (Å²) >= 11 is 3.27. The van der Waals surface area contributed by atoms with Crippen LogP contribution in [0.1, 0.15) is 36.2 Å². The number of benzene rings is 1. The van der Waals surface area contributed by atoms with Crippen molar-refractivity contribution in [3.63, 3.8) is 0 Å². The third-order valence-electron chi connectivity index (χ3n) is 3.72. The van der Waals surface area contributed by atoms with Crippen molar-refractivity contribution < 1.29 is 14.3 Å². The lowest BCUT2D eigenvalue weighted by Gasteiger charge is -2.31. The largest absolute Gasteiger partial charge is 0.493 e. The smallest absolute Gasteiger partial charge is 0.207 e. The summed E-state index contributed by atoms with van der Waals surface area (Å²) in [5, 5.41) is 8.93. The van der Waals surface area contributed by atoms with Gasteiger partial charge in [-0.2, -0.15) is 5.26 Å². The van der Waals surface area contributed by atoms with Crippen molar-refractivity contribution in [2.75, 3.05) is 7.11 Å². The fourth-order valence-corrected chi connectivity index (χ4v) is 3.07. The SMILES string of the molecule is COC1=CC(C)(C)CC(C(=O)c2ccc(C#N)c(Br)c2)C1=O. The molecule has 0 heterocycles.